The Kier molecular flexibility index (Phi) is 4.26. The molecule has 0 radical (unpaired) electrons. The van der Waals surface area contributed by atoms with E-state index in [0.717, 1.165) is 0 Å². The number of rotatable bonds is 3. The number of sulfonamides is 1. The van der Waals surface area contributed by atoms with Crippen LogP contribution in [-0.2, 0) is 21.8 Å². The zero-order chi connectivity index (χ0) is 14.2. The molecule has 2 heterocycles. The van der Waals surface area contributed by atoms with Crippen LogP contribution in [0.3, 0.4) is 0 Å². The van der Waals surface area contributed by atoms with Crippen molar-refractivity contribution in [2.75, 3.05) is 19.7 Å². The monoisotopic (exact) mass is 353 g/mol. The van der Waals surface area contributed by atoms with Gasteiger partial charge in [-0.05, 0) is 22.9 Å². The Labute approximate surface area is 120 Å². The van der Waals surface area contributed by atoms with Crippen molar-refractivity contribution in [3.63, 3.8) is 0 Å². The predicted octanol–water partition coefficient (Wildman–Crippen LogP) is -0.686. The molecule has 1 fully saturated rings. The minimum Gasteiger partial charge on any atom is -0.374 e. The lowest BCUT2D eigenvalue weighted by Gasteiger charge is -2.33. The van der Waals surface area contributed by atoms with E-state index in [2.05, 4.69) is 26.2 Å². The molecule has 0 bridgehead atoms. The van der Waals surface area contributed by atoms with E-state index in [1.807, 2.05) is 0 Å². The SMILES string of the molecule is CC(N)C1CN(S(=O)(=O)c2c(Br)nnn2C)CCO1. The van der Waals surface area contributed by atoms with Crippen LogP contribution in [0.5, 0.6) is 0 Å². The smallest absolute Gasteiger partial charge is 0.263 e. The molecule has 2 atom stereocenters. The second kappa shape index (κ2) is 5.44. The van der Waals surface area contributed by atoms with Gasteiger partial charge in [-0.25, -0.2) is 13.1 Å². The highest BCUT2D eigenvalue weighted by molar-refractivity contribution is 9.10. The largest absolute Gasteiger partial charge is 0.374 e. The molecule has 0 aromatic carbocycles. The molecule has 2 unspecified atom stereocenters. The summed E-state index contributed by atoms with van der Waals surface area (Å²) in [5, 5.41) is 7.43. The molecule has 2 N–H and O–H groups in total. The van der Waals surface area contributed by atoms with Crippen molar-refractivity contribution in [1.82, 2.24) is 19.3 Å². The number of hydrogen-bond donors (Lipinski definition) is 1. The van der Waals surface area contributed by atoms with Crippen LogP contribution in [0.4, 0.5) is 0 Å². The third kappa shape index (κ3) is 2.82. The molecule has 0 saturated carbocycles. The lowest BCUT2D eigenvalue weighted by Crippen LogP contribution is -2.51. The Morgan fingerprint density at radius 2 is 2.26 bits per heavy atom. The number of ether oxygens (including phenoxy) is 1. The van der Waals surface area contributed by atoms with Gasteiger partial charge in [-0.2, -0.15) is 4.31 Å². The Morgan fingerprint density at radius 3 is 2.79 bits per heavy atom. The van der Waals surface area contributed by atoms with Gasteiger partial charge in [-0.3, -0.25) is 0 Å². The Bertz CT molecular complexity index is 539. The molecule has 1 aromatic heterocycles. The summed E-state index contributed by atoms with van der Waals surface area (Å²) in [4.78, 5) is 0. The van der Waals surface area contributed by atoms with Crippen LogP contribution in [0.1, 0.15) is 6.92 Å². The molecule has 2 rings (SSSR count). The molecule has 1 aromatic rings. The topological polar surface area (TPSA) is 103 Å². The lowest BCUT2D eigenvalue weighted by molar-refractivity contribution is -0.0121. The molecule has 0 amide bonds. The molecule has 19 heavy (non-hydrogen) atoms. The van der Waals surface area contributed by atoms with Crippen molar-refractivity contribution in [1.29, 1.82) is 0 Å². The first-order chi connectivity index (χ1) is 8.84. The van der Waals surface area contributed by atoms with Gasteiger partial charge in [0.05, 0.1) is 12.7 Å². The van der Waals surface area contributed by atoms with Crippen LogP contribution >= 0.6 is 15.9 Å². The molecule has 1 aliphatic rings. The van der Waals surface area contributed by atoms with Crippen molar-refractivity contribution < 1.29 is 13.2 Å². The second-order valence-electron chi connectivity index (χ2n) is 4.44. The van der Waals surface area contributed by atoms with Crippen LogP contribution in [0.2, 0.25) is 0 Å². The lowest BCUT2D eigenvalue weighted by atomic mass is 10.2. The quantitative estimate of drug-likeness (QED) is 0.771. The van der Waals surface area contributed by atoms with Gasteiger partial charge in [0, 0.05) is 26.2 Å². The van der Waals surface area contributed by atoms with Gasteiger partial charge >= 0.3 is 0 Å². The summed E-state index contributed by atoms with van der Waals surface area (Å²) < 4.78 is 33.4. The van der Waals surface area contributed by atoms with E-state index >= 15 is 0 Å². The maximum absolute atomic E-state index is 12.6. The number of nitrogens with two attached hydrogens (primary N) is 1. The number of aryl methyl sites for hydroxylation is 1. The first-order valence-corrected chi connectivity index (χ1v) is 8.00. The van der Waals surface area contributed by atoms with Gasteiger partial charge in [-0.1, -0.05) is 5.21 Å². The van der Waals surface area contributed by atoms with Gasteiger partial charge in [0.25, 0.3) is 10.0 Å². The Balaban J connectivity index is 2.30. The summed E-state index contributed by atoms with van der Waals surface area (Å²) in [7, 11) is -2.12. The number of halogens is 1. The molecule has 1 aliphatic heterocycles. The van der Waals surface area contributed by atoms with Gasteiger partial charge in [0.15, 0.2) is 4.60 Å². The molecule has 108 valence electrons. The number of aromatic nitrogens is 3. The second-order valence-corrected chi connectivity index (χ2v) is 7.04. The predicted molar refractivity (Wildman–Crippen MR) is 70.9 cm³/mol. The van der Waals surface area contributed by atoms with E-state index in [0.29, 0.717) is 13.2 Å². The van der Waals surface area contributed by atoms with E-state index in [4.69, 9.17) is 10.5 Å². The number of morpholine rings is 1. The van der Waals surface area contributed by atoms with Crippen LogP contribution < -0.4 is 5.73 Å². The van der Waals surface area contributed by atoms with Crippen LogP contribution in [0.15, 0.2) is 9.63 Å². The Hall–Kier alpha value is -0.550. The van der Waals surface area contributed by atoms with Gasteiger partial charge in [0.2, 0.25) is 5.03 Å². The summed E-state index contributed by atoms with van der Waals surface area (Å²) in [6, 6.07) is -0.230. The van der Waals surface area contributed by atoms with Crippen LogP contribution in [-0.4, -0.2) is 59.6 Å². The maximum Gasteiger partial charge on any atom is 0.263 e. The third-order valence-corrected chi connectivity index (χ3v) is 5.72. The normalized spacial score (nSPS) is 23.5. The van der Waals surface area contributed by atoms with Crippen molar-refractivity contribution >= 4 is 26.0 Å². The maximum atomic E-state index is 12.6. The minimum absolute atomic E-state index is 0.0397. The minimum atomic E-state index is -3.66. The summed E-state index contributed by atoms with van der Waals surface area (Å²) in [5.74, 6) is 0. The summed E-state index contributed by atoms with van der Waals surface area (Å²) in [6.45, 7) is 2.65. The zero-order valence-electron chi connectivity index (χ0n) is 10.7. The molecule has 0 spiro atoms. The molecule has 0 aliphatic carbocycles. The average molecular weight is 354 g/mol. The zero-order valence-corrected chi connectivity index (χ0v) is 13.1. The molecule has 10 heteroatoms. The van der Waals surface area contributed by atoms with Gasteiger partial charge < -0.3 is 10.5 Å². The van der Waals surface area contributed by atoms with Crippen molar-refractivity contribution in [2.24, 2.45) is 12.8 Å². The van der Waals surface area contributed by atoms with Crippen LogP contribution in [0, 0.1) is 0 Å². The van der Waals surface area contributed by atoms with E-state index in [-0.39, 0.29) is 28.3 Å². The fraction of sp³-hybridized carbons (Fsp3) is 0.778. The van der Waals surface area contributed by atoms with Gasteiger partial charge in [0.1, 0.15) is 0 Å². The Morgan fingerprint density at radius 1 is 1.58 bits per heavy atom. The molecular formula is C9H16BrN5O3S. The highest BCUT2D eigenvalue weighted by atomic mass is 79.9. The van der Waals surface area contributed by atoms with Gasteiger partial charge in [-0.15, -0.1) is 5.10 Å². The van der Waals surface area contributed by atoms with E-state index in [9.17, 15) is 8.42 Å². The average Bonchev–Trinajstić information content (AvgIpc) is 2.69. The van der Waals surface area contributed by atoms with Crippen molar-refractivity contribution in [3.05, 3.63) is 4.60 Å². The third-order valence-electron chi connectivity index (χ3n) is 2.96. The summed E-state index contributed by atoms with van der Waals surface area (Å²) in [5.41, 5.74) is 5.77. The van der Waals surface area contributed by atoms with E-state index in [1.54, 1.807) is 6.92 Å². The van der Waals surface area contributed by atoms with Crippen molar-refractivity contribution in [3.8, 4) is 0 Å². The number of nitrogens with zero attached hydrogens (tertiary/aromatic N) is 4. The summed E-state index contributed by atoms with van der Waals surface area (Å²) >= 11 is 3.11. The fourth-order valence-corrected chi connectivity index (χ4v) is 4.37. The first kappa shape index (κ1) is 14.9. The van der Waals surface area contributed by atoms with Crippen molar-refractivity contribution in [2.45, 2.75) is 24.1 Å². The molecule has 1 saturated heterocycles. The molecular weight excluding hydrogens is 338 g/mol. The van der Waals surface area contributed by atoms with Crippen LogP contribution in [0.25, 0.3) is 0 Å². The summed E-state index contributed by atoms with van der Waals surface area (Å²) in [6.07, 6.45) is -0.302. The van der Waals surface area contributed by atoms with E-state index < -0.39 is 10.0 Å². The van der Waals surface area contributed by atoms with E-state index in [1.165, 1.54) is 16.0 Å². The standard InChI is InChI=1S/C9H16BrN5O3S/c1-6(11)7-5-15(3-4-18-7)19(16,17)9-8(10)12-13-14(9)2/h6-7H,3-5,11H2,1-2H3. The highest BCUT2D eigenvalue weighted by Gasteiger charge is 2.35. The number of hydrogen-bond acceptors (Lipinski definition) is 6. The first-order valence-electron chi connectivity index (χ1n) is 5.76. The highest BCUT2D eigenvalue weighted by Crippen LogP contribution is 2.24. The fourth-order valence-electron chi connectivity index (χ4n) is 1.91. The molecule has 8 nitrogen and oxygen atoms in total.